The van der Waals surface area contributed by atoms with Gasteiger partial charge in [-0.1, -0.05) is 293 Å². The molecule has 0 saturated carbocycles. The molecule has 108 heavy (non-hydrogen) atoms. The number of benzene rings is 15. The molecular formula is C102H81BN4S. The Balaban J connectivity index is 1.10. The molecule has 3 aromatic heterocycles. The number of anilines is 6. The van der Waals surface area contributed by atoms with Crippen molar-refractivity contribution in [1.29, 1.82) is 0 Å². The first-order valence-electron chi connectivity index (χ1n) is 46.9. The Labute approximate surface area is 666 Å². The van der Waals surface area contributed by atoms with Gasteiger partial charge in [0, 0.05) is 98.1 Å². The molecule has 0 saturated heterocycles. The van der Waals surface area contributed by atoms with E-state index in [4.69, 9.17) is 0 Å². The van der Waals surface area contributed by atoms with E-state index in [1.165, 1.54) is 15.9 Å². The highest BCUT2D eigenvalue weighted by Gasteiger charge is 2.48. The van der Waals surface area contributed by atoms with Crippen molar-refractivity contribution in [3.8, 4) is 67.0 Å². The van der Waals surface area contributed by atoms with E-state index >= 15 is 0 Å². The molecule has 518 valence electrons. The fourth-order valence-electron chi connectivity index (χ4n) is 16.2. The summed E-state index contributed by atoms with van der Waals surface area (Å²) < 4.78 is 218. The third-order valence-electron chi connectivity index (χ3n) is 21.5. The molecule has 20 rings (SSSR count). The van der Waals surface area contributed by atoms with Gasteiger partial charge in [0.15, 0.2) is 0 Å². The second kappa shape index (κ2) is 24.7. The molecule has 0 fully saturated rings. The minimum atomic E-state index is -1.56. The van der Waals surface area contributed by atoms with Gasteiger partial charge in [-0.05, 0) is 180 Å². The minimum Gasteiger partial charge on any atom is -0.310 e. The fourth-order valence-corrected chi connectivity index (χ4v) is 17.3. The van der Waals surface area contributed by atoms with Crippen LogP contribution in [0.1, 0.15) is 108 Å². The van der Waals surface area contributed by atoms with Crippen LogP contribution >= 0.6 is 11.3 Å². The number of rotatable bonds is 9. The summed E-state index contributed by atoms with van der Waals surface area (Å²) in [7, 11) is 0. The van der Waals surface area contributed by atoms with Crippen molar-refractivity contribution in [1.82, 2.24) is 9.13 Å². The molecule has 15 aromatic carbocycles. The van der Waals surface area contributed by atoms with Gasteiger partial charge in [0.05, 0.1) is 62.2 Å². The molecule has 5 heterocycles. The van der Waals surface area contributed by atoms with E-state index in [2.05, 4.69) is 98.7 Å². The highest BCUT2D eigenvalue weighted by molar-refractivity contribution is 7.25. The molecule has 0 bridgehead atoms. The van der Waals surface area contributed by atoms with Crippen LogP contribution in [0.2, 0.25) is 0 Å². The van der Waals surface area contributed by atoms with Crippen LogP contribution < -0.4 is 26.2 Å². The van der Waals surface area contributed by atoms with Gasteiger partial charge in [-0.2, -0.15) is 0 Å². The van der Waals surface area contributed by atoms with E-state index in [1.807, 2.05) is 174 Å². The van der Waals surface area contributed by atoms with Crippen LogP contribution in [0.5, 0.6) is 0 Å². The molecule has 2 aliphatic rings. The van der Waals surface area contributed by atoms with Crippen molar-refractivity contribution in [3.05, 3.63) is 344 Å². The Morgan fingerprint density at radius 3 is 1.12 bits per heavy atom. The molecule has 0 unspecified atom stereocenters. The van der Waals surface area contributed by atoms with E-state index in [0.29, 0.717) is 72.7 Å². The highest BCUT2D eigenvalue weighted by atomic mass is 32.1. The van der Waals surface area contributed by atoms with Crippen LogP contribution in [0.3, 0.4) is 0 Å². The van der Waals surface area contributed by atoms with Gasteiger partial charge < -0.3 is 18.9 Å². The number of thiophene rings is 1. The number of nitrogens with zero attached hydrogens (tertiary/aromatic N) is 4. The Bertz CT molecular complexity index is 7720. The topological polar surface area (TPSA) is 16.3 Å². The summed E-state index contributed by atoms with van der Waals surface area (Å²) in [5.74, 6) is 0. The first kappa shape index (κ1) is 46.7. The zero-order chi connectivity index (χ0) is 91.3. The molecule has 0 spiro atoms. The molecule has 4 nitrogen and oxygen atoms in total. The standard InChI is InChI=1S/C102H81BN4S/c1-100(2,3)69-55-81(64-32-14-10-15-33-64)98(82(56-69)65-34-16-11-17-35-65)106-90-62-72(104-86-45-27-22-40-74(86)75-41-23-28-46-87(75)104)51-53-85(90)103-96-80(68-50-52-79-78-44-26-31-49-94(78)108-95(79)54-68)61-73(105-88-47-29-24-42-76(88)77-43-25-30-48-89(77)105)63-93(96)107(92-60-71(102(7,8)9)59-91(106)97(92)103)99-83(66-36-18-12-19-37-66)57-70(101(4,5)6)58-84(99)67-38-20-13-21-39-67/h10-63H,1-9H3/i22D,23D,24D,25D,27D,28D,29D,30D,40D,41D,42D,43D,45D,46D,47D,48D,51D,53D,61D,62D,63D. The molecule has 18 aromatic rings. The summed E-state index contributed by atoms with van der Waals surface area (Å²) in [5.41, 5.74) is 5.86. The van der Waals surface area contributed by atoms with Crippen LogP contribution in [0, 0.1) is 0 Å². The van der Waals surface area contributed by atoms with Gasteiger partial charge in [-0.3, -0.25) is 0 Å². The van der Waals surface area contributed by atoms with Crippen LogP contribution in [0.4, 0.5) is 34.1 Å². The predicted octanol–water partition coefficient (Wildman–Crippen LogP) is 26.6. The summed E-state index contributed by atoms with van der Waals surface area (Å²) >= 11 is 1.49. The summed E-state index contributed by atoms with van der Waals surface area (Å²) in [4.78, 5) is 4.02. The van der Waals surface area contributed by atoms with E-state index in [0.717, 1.165) is 47.0 Å². The van der Waals surface area contributed by atoms with E-state index in [-0.39, 0.29) is 66.1 Å². The van der Waals surface area contributed by atoms with Gasteiger partial charge >= 0.3 is 0 Å². The molecule has 0 amide bonds. The van der Waals surface area contributed by atoms with Crippen LogP contribution in [0.15, 0.2) is 327 Å². The summed E-state index contributed by atoms with van der Waals surface area (Å²) in [6.07, 6.45) is 0. The lowest BCUT2D eigenvalue weighted by atomic mass is 9.32. The summed E-state index contributed by atoms with van der Waals surface area (Å²) in [6.45, 7) is 17.4. The molecule has 0 aliphatic carbocycles. The van der Waals surface area contributed by atoms with Crippen LogP contribution in [-0.2, 0) is 16.2 Å². The van der Waals surface area contributed by atoms with E-state index < -0.39 is 167 Å². The molecule has 0 radical (unpaired) electrons. The number of fused-ring (bicyclic) bond motifs is 13. The normalized spacial score (nSPS) is 15.7. The quantitative estimate of drug-likeness (QED) is 0.134. The summed E-state index contributed by atoms with van der Waals surface area (Å²) in [5, 5.41) is 0.488. The highest BCUT2D eigenvalue weighted by Crippen LogP contribution is 2.57. The van der Waals surface area contributed by atoms with Crippen molar-refractivity contribution in [2.45, 2.75) is 78.6 Å². The van der Waals surface area contributed by atoms with Gasteiger partial charge in [-0.15, -0.1) is 11.3 Å². The Morgan fingerprint density at radius 2 is 0.676 bits per heavy atom. The number of aromatic nitrogens is 2. The fraction of sp³-hybridized carbons (Fsp3) is 0.118. The average Bonchev–Trinajstić information content (AvgIpc) is 1.32. The molecule has 2 aliphatic heterocycles. The first-order valence-corrected chi connectivity index (χ1v) is 37.2. The third-order valence-corrected chi connectivity index (χ3v) is 22.7. The zero-order valence-electron chi connectivity index (χ0n) is 81.8. The predicted molar refractivity (Wildman–Crippen MR) is 465 cm³/mol. The van der Waals surface area contributed by atoms with Crippen molar-refractivity contribution >= 4 is 132 Å². The van der Waals surface area contributed by atoms with E-state index in [1.54, 1.807) is 0 Å². The molecule has 0 N–H and O–H groups in total. The van der Waals surface area contributed by atoms with Gasteiger partial charge in [0.25, 0.3) is 6.71 Å². The van der Waals surface area contributed by atoms with Gasteiger partial charge in [0.2, 0.25) is 0 Å². The lowest BCUT2D eigenvalue weighted by Crippen LogP contribution is -2.62. The maximum atomic E-state index is 12.2. The third kappa shape index (κ3) is 10.4. The average molecular weight is 1430 g/mol. The zero-order valence-corrected chi connectivity index (χ0v) is 61.6. The SMILES string of the molecule is [2H]c1c([2H])c(-n2c3c([2H])c([2H])c([2H])c([2H])c3c3c([2H])c([2H])c([2H])c([2H])c32)c([2H])c2c1B1c3c(cc(C(C)(C)C)cc3N(c3c(-c4ccccc4)cc(C(C)(C)C)cc3-c3ccccc3)c3c([2H])c(-n4c5c([2H])c([2H])c([2H])c([2H])c5c5c([2H])c([2H])c([2H])c([2H])c54)c([2H])c(-c4ccc5c(c4)sc4ccccc45)c31)N2c1c(-c2ccccc2)cc(C(C)(C)C)cc1-c1ccccc1. The van der Waals surface area contributed by atoms with Crippen molar-refractivity contribution < 1.29 is 28.8 Å². The Hall–Kier alpha value is -12.2. The number of para-hydroxylation sites is 4. The maximum Gasteiger partial charge on any atom is 0.252 e. The van der Waals surface area contributed by atoms with Gasteiger partial charge in [-0.25, -0.2) is 0 Å². The second-order valence-corrected chi connectivity index (χ2v) is 32.3. The van der Waals surface area contributed by atoms with Crippen molar-refractivity contribution in [2.24, 2.45) is 0 Å². The minimum absolute atomic E-state index is 0.00343. The largest absolute Gasteiger partial charge is 0.310 e. The molecule has 6 heteroatoms. The Kier molecular flexibility index (Phi) is 10.7. The lowest BCUT2D eigenvalue weighted by molar-refractivity contribution is 0.590. The number of hydrogen-bond donors (Lipinski definition) is 0. The lowest BCUT2D eigenvalue weighted by Gasteiger charge is -2.47. The summed E-state index contributed by atoms with van der Waals surface area (Å²) in [6, 6.07) is 51.4. The molecule has 0 atom stereocenters. The first-order chi connectivity index (χ1) is 61.3. The van der Waals surface area contributed by atoms with Crippen molar-refractivity contribution in [3.63, 3.8) is 0 Å². The van der Waals surface area contributed by atoms with Gasteiger partial charge in [0.1, 0.15) is 0 Å². The van der Waals surface area contributed by atoms with Crippen molar-refractivity contribution in [2.75, 3.05) is 9.80 Å². The van der Waals surface area contributed by atoms with Crippen LogP contribution in [0.25, 0.3) is 131 Å². The Morgan fingerprint density at radius 1 is 0.296 bits per heavy atom. The van der Waals surface area contributed by atoms with Crippen LogP contribution in [-0.4, -0.2) is 15.8 Å². The monoisotopic (exact) mass is 1430 g/mol. The molecular weight excluding hydrogens is 1320 g/mol. The van der Waals surface area contributed by atoms with E-state index in [9.17, 15) is 28.8 Å². The second-order valence-electron chi connectivity index (χ2n) is 31.2. The smallest absolute Gasteiger partial charge is 0.252 e. The maximum absolute atomic E-state index is 12.2. The number of hydrogen-bond acceptors (Lipinski definition) is 3.